The van der Waals surface area contributed by atoms with Crippen molar-refractivity contribution >= 4 is 17.5 Å². The second-order valence-corrected chi connectivity index (χ2v) is 6.71. The maximum absolute atomic E-state index is 12.3. The normalized spacial score (nSPS) is 10.6. The van der Waals surface area contributed by atoms with Crippen molar-refractivity contribution in [2.45, 2.75) is 6.42 Å². The third-order valence-corrected chi connectivity index (χ3v) is 4.06. The summed E-state index contributed by atoms with van der Waals surface area (Å²) in [4.78, 5) is 23.0. The van der Waals surface area contributed by atoms with Crippen molar-refractivity contribution in [3.05, 3.63) is 72.6 Å². The molecule has 0 fully saturated rings. The molecule has 0 bridgehead atoms. The molecule has 150 valence electrons. The molecular weight excluding hydrogens is 366 g/mol. The predicted molar refractivity (Wildman–Crippen MR) is 114 cm³/mol. The molecule has 0 unspecified atom stereocenters. The molecule has 7 heteroatoms. The van der Waals surface area contributed by atoms with Gasteiger partial charge in [-0.2, -0.15) is 0 Å². The van der Waals surface area contributed by atoms with E-state index in [2.05, 4.69) is 25.5 Å². The highest BCUT2D eigenvalue weighted by atomic mass is 16.5. The first kappa shape index (κ1) is 20.3. The van der Waals surface area contributed by atoms with Crippen LogP contribution in [-0.4, -0.2) is 48.0 Å². The number of nitrogens with one attached hydrogen (secondary N) is 2. The number of hydrogen-bond acceptors (Lipinski definition) is 6. The van der Waals surface area contributed by atoms with Crippen LogP contribution in [-0.2, 0) is 0 Å². The standard InChI is InChI=1S/C22H25N5O2/c1-27(2)16-8-14-23-21(28)19-13-15-24-22(26-19)25-18-11-6-7-12-20(18)29-17-9-4-3-5-10-17/h3-7,9-13,15H,8,14,16H2,1-2H3,(H,23,28)(H,24,25,26). The maximum Gasteiger partial charge on any atom is 0.270 e. The molecule has 29 heavy (non-hydrogen) atoms. The van der Waals surface area contributed by atoms with E-state index in [4.69, 9.17) is 4.74 Å². The molecule has 0 radical (unpaired) electrons. The lowest BCUT2D eigenvalue weighted by atomic mass is 10.3. The van der Waals surface area contributed by atoms with Gasteiger partial charge in [0, 0.05) is 12.7 Å². The number of anilines is 2. The van der Waals surface area contributed by atoms with Gasteiger partial charge >= 0.3 is 0 Å². The van der Waals surface area contributed by atoms with Crippen LogP contribution in [0.4, 0.5) is 11.6 Å². The molecule has 1 heterocycles. The van der Waals surface area contributed by atoms with Crippen LogP contribution in [0.3, 0.4) is 0 Å². The number of aromatic nitrogens is 2. The lowest BCUT2D eigenvalue weighted by molar-refractivity contribution is 0.0947. The molecular formula is C22H25N5O2. The molecule has 1 aromatic heterocycles. The van der Waals surface area contributed by atoms with Crippen LogP contribution in [0.25, 0.3) is 0 Å². The minimum atomic E-state index is -0.219. The summed E-state index contributed by atoms with van der Waals surface area (Å²) in [7, 11) is 4.01. The molecule has 0 spiro atoms. The Balaban J connectivity index is 1.67. The number of carbonyl (C=O) groups is 1. The van der Waals surface area contributed by atoms with Gasteiger partial charge in [0.1, 0.15) is 11.4 Å². The number of benzene rings is 2. The Labute approximate surface area is 170 Å². The number of amides is 1. The monoisotopic (exact) mass is 391 g/mol. The van der Waals surface area contributed by atoms with Crippen LogP contribution < -0.4 is 15.4 Å². The molecule has 7 nitrogen and oxygen atoms in total. The van der Waals surface area contributed by atoms with Gasteiger partial charge in [0.05, 0.1) is 5.69 Å². The van der Waals surface area contributed by atoms with Gasteiger partial charge in [-0.25, -0.2) is 9.97 Å². The highest BCUT2D eigenvalue weighted by Gasteiger charge is 2.10. The number of rotatable bonds is 9. The van der Waals surface area contributed by atoms with Gasteiger partial charge < -0.3 is 20.3 Å². The molecule has 0 aliphatic heterocycles. The first-order valence-electron chi connectivity index (χ1n) is 9.47. The fourth-order valence-corrected chi connectivity index (χ4v) is 2.63. The molecule has 2 aromatic carbocycles. The Hall–Kier alpha value is -3.45. The van der Waals surface area contributed by atoms with Crippen molar-refractivity contribution in [3.8, 4) is 11.5 Å². The van der Waals surface area contributed by atoms with Crippen LogP contribution >= 0.6 is 0 Å². The van der Waals surface area contributed by atoms with E-state index in [1.54, 1.807) is 12.3 Å². The number of nitrogens with zero attached hydrogens (tertiary/aromatic N) is 3. The van der Waals surface area contributed by atoms with Crippen molar-refractivity contribution in [2.75, 3.05) is 32.5 Å². The lowest BCUT2D eigenvalue weighted by Crippen LogP contribution is -2.28. The Morgan fingerprint density at radius 1 is 1.03 bits per heavy atom. The Morgan fingerprint density at radius 2 is 1.79 bits per heavy atom. The summed E-state index contributed by atoms with van der Waals surface area (Å²) in [5.74, 6) is 1.48. The fraction of sp³-hybridized carbons (Fsp3) is 0.227. The van der Waals surface area contributed by atoms with E-state index in [9.17, 15) is 4.79 Å². The lowest BCUT2D eigenvalue weighted by Gasteiger charge is -2.12. The molecule has 3 rings (SSSR count). The minimum absolute atomic E-state index is 0.219. The summed E-state index contributed by atoms with van der Waals surface area (Å²) in [5, 5.41) is 6.02. The van der Waals surface area contributed by atoms with E-state index in [1.807, 2.05) is 68.7 Å². The number of para-hydroxylation sites is 3. The summed E-state index contributed by atoms with van der Waals surface area (Å²) in [6.45, 7) is 1.51. The topological polar surface area (TPSA) is 79.4 Å². The molecule has 0 aliphatic rings. The third-order valence-electron chi connectivity index (χ3n) is 4.06. The first-order valence-corrected chi connectivity index (χ1v) is 9.47. The second kappa shape index (κ2) is 10.2. The van der Waals surface area contributed by atoms with Crippen LogP contribution in [0.15, 0.2) is 66.9 Å². The zero-order chi connectivity index (χ0) is 20.5. The molecule has 0 saturated carbocycles. The predicted octanol–water partition coefficient (Wildman–Crippen LogP) is 3.69. The molecule has 3 aromatic rings. The van der Waals surface area contributed by atoms with E-state index in [0.29, 0.717) is 29.6 Å². The largest absolute Gasteiger partial charge is 0.455 e. The highest BCUT2D eigenvalue weighted by molar-refractivity contribution is 5.92. The second-order valence-electron chi connectivity index (χ2n) is 6.71. The molecule has 0 saturated heterocycles. The van der Waals surface area contributed by atoms with Crippen molar-refractivity contribution < 1.29 is 9.53 Å². The van der Waals surface area contributed by atoms with Gasteiger partial charge in [0.2, 0.25) is 5.95 Å². The van der Waals surface area contributed by atoms with Crippen LogP contribution in [0.2, 0.25) is 0 Å². The van der Waals surface area contributed by atoms with Gasteiger partial charge in [-0.05, 0) is 57.4 Å². The number of carbonyl (C=O) groups excluding carboxylic acids is 1. The number of hydrogen-bond donors (Lipinski definition) is 2. The molecule has 2 N–H and O–H groups in total. The Morgan fingerprint density at radius 3 is 2.59 bits per heavy atom. The van der Waals surface area contributed by atoms with Crippen LogP contribution in [0, 0.1) is 0 Å². The fourth-order valence-electron chi connectivity index (χ4n) is 2.63. The van der Waals surface area contributed by atoms with E-state index in [1.165, 1.54) is 0 Å². The van der Waals surface area contributed by atoms with Gasteiger partial charge in [0.15, 0.2) is 5.75 Å². The minimum Gasteiger partial charge on any atom is -0.455 e. The molecule has 0 aliphatic carbocycles. The Kier molecular flexibility index (Phi) is 7.13. The molecule has 1 amide bonds. The summed E-state index contributed by atoms with van der Waals surface area (Å²) in [6, 6.07) is 18.6. The van der Waals surface area contributed by atoms with Gasteiger partial charge in [-0.15, -0.1) is 0 Å². The zero-order valence-corrected chi connectivity index (χ0v) is 16.6. The van der Waals surface area contributed by atoms with Crippen molar-refractivity contribution in [3.63, 3.8) is 0 Å². The maximum atomic E-state index is 12.3. The van der Waals surface area contributed by atoms with Gasteiger partial charge in [0.25, 0.3) is 5.91 Å². The number of ether oxygens (including phenoxy) is 1. The van der Waals surface area contributed by atoms with Crippen LogP contribution in [0.5, 0.6) is 11.5 Å². The molecule has 0 atom stereocenters. The third kappa shape index (κ3) is 6.29. The van der Waals surface area contributed by atoms with Crippen molar-refractivity contribution in [2.24, 2.45) is 0 Å². The van der Waals surface area contributed by atoms with Gasteiger partial charge in [-0.1, -0.05) is 30.3 Å². The van der Waals surface area contributed by atoms with Crippen molar-refractivity contribution in [1.29, 1.82) is 0 Å². The van der Waals surface area contributed by atoms with E-state index >= 15 is 0 Å². The smallest absolute Gasteiger partial charge is 0.270 e. The van der Waals surface area contributed by atoms with E-state index in [0.717, 1.165) is 18.7 Å². The summed E-state index contributed by atoms with van der Waals surface area (Å²) in [6.07, 6.45) is 2.43. The Bertz CT molecular complexity index is 931. The SMILES string of the molecule is CN(C)CCCNC(=O)c1ccnc(Nc2ccccc2Oc2ccccc2)n1. The average molecular weight is 391 g/mol. The highest BCUT2D eigenvalue weighted by Crippen LogP contribution is 2.30. The quantitative estimate of drug-likeness (QED) is 0.542. The summed E-state index contributed by atoms with van der Waals surface area (Å²) < 4.78 is 5.94. The van der Waals surface area contributed by atoms with Gasteiger partial charge in [-0.3, -0.25) is 4.79 Å². The zero-order valence-electron chi connectivity index (χ0n) is 16.6. The van der Waals surface area contributed by atoms with Crippen LogP contribution in [0.1, 0.15) is 16.9 Å². The average Bonchev–Trinajstić information content (AvgIpc) is 2.73. The summed E-state index contributed by atoms with van der Waals surface area (Å²) in [5.41, 5.74) is 1.02. The first-order chi connectivity index (χ1) is 14.1. The van der Waals surface area contributed by atoms with Crippen molar-refractivity contribution in [1.82, 2.24) is 20.2 Å². The van der Waals surface area contributed by atoms with E-state index in [-0.39, 0.29) is 5.91 Å². The van der Waals surface area contributed by atoms with E-state index < -0.39 is 0 Å². The summed E-state index contributed by atoms with van der Waals surface area (Å²) >= 11 is 0.